The maximum atomic E-state index is 12.4. The molecule has 1 fully saturated rings. The number of carbonyl (C=O) groups excluding carboxylic acids is 1. The number of anilines is 1. The molecule has 0 unspecified atom stereocenters. The first-order valence-corrected chi connectivity index (χ1v) is 7.89. The van der Waals surface area contributed by atoms with Gasteiger partial charge >= 0.3 is 5.97 Å². The summed E-state index contributed by atoms with van der Waals surface area (Å²) in [7, 11) is 1.56. The average molecular weight is 321 g/mol. The lowest BCUT2D eigenvalue weighted by molar-refractivity contribution is -0.143. The molecule has 6 nitrogen and oxygen atoms in total. The van der Waals surface area contributed by atoms with Crippen molar-refractivity contribution >= 4 is 17.6 Å². The largest absolute Gasteiger partial charge is 0.497 e. The van der Waals surface area contributed by atoms with Crippen LogP contribution in [0.3, 0.4) is 0 Å². The van der Waals surface area contributed by atoms with E-state index in [2.05, 4.69) is 5.32 Å². The molecule has 0 bridgehead atoms. The molecular formula is C17H23NO5. The lowest BCUT2D eigenvalue weighted by Gasteiger charge is -2.25. The zero-order valence-electron chi connectivity index (χ0n) is 13.5. The van der Waals surface area contributed by atoms with E-state index >= 15 is 0 Å². The van der Waals surface area contributed by atoms with Crippen molar-refractivity contribution in [1.29, 1.82) is 0 Å². The Hall–Kier alpha value is -2.24. The van der Waals surface area contributed by atoms with Gasteiger partial charge in [0.05, 0.1) is 25.3 Å². The molecule has 1 aromatic rings. The molecule has 1 saturated carbocycles. The summed E-state index contributed by atoms with van der Waals surface area (Å²) in [6.07, 6.45) is 2.28. The molecule has 23 heavy (non-hydrogen) atoms. The Morgan fingerprint density at radius 3 is 2.43 bits per heavy atom. The van der Waals surface area contributed by atoms with Crippen molar-refractivity contribution in [3.8, 4) is 11.5 Å². The Balaban J connectivity index is 2.03. The SMILES string of the molecule is CCOc1ccc(OC)cc1NC(=O)C1CCC(C(=O)O)CC1. The number of amides is 1. The molecule has 0 aromatic heterocycles. The molecule has 0 atom stereocenters. The maximum Gasteiger partial charge on any atom is 0.306 e. The molecule has 0 aliphatic heterocycles. The number of benzene rings is 1. The Morgan fingerprint density at radius 2 is 1.87 bits per heavy atom. The minimum Gasteiger partial charge on any atom is -0.497 e. The molecule has 1 aliphatic rings. The van der Waals surface area contributed by atoms with Crippen LogP contribution < -0.4 is 14.8 Å². The minimum atomic E-state index is -0.768. The zero-order chi connectivity index (χ0) is 16.8. The summed E-state index contributed by atoms with van der Waals surface area (Å²) in [5.74, 6) is -0.112. The van der Waals surface area contributed by atoms with E-state index in [1.807, 2.05) is 6.92 Å². The first-order chi connectivity index (χ1) is 11.0. The third kappa shape index (κ3) is 4.37. The molecule has 1 aliphatic carbocycles. The fraction of sp³-hybridized carbons (Fsp3) is 0.529. The lowest BCUT2D eigenvalue weighted by Crippen LogP contribution is -2.29. The smallest absolute Gasteiger partial charge is 0.306 e. The van der Waals surface area contributed by atoms with E-state index in [1.54, 1.807) is 25.3 Å². The molecule has 0 heterocycles. The van der Waals surface area contributed by atoms with Gasteiger partial charge in [-0.3, -0.25) is 9.59 Å². The third-order valence-corrected chi connectivity index (χ3v) is 4.19. The standard InChI is InChI=1S/C17H23NO5/c1-3-23-15-9-8-13(22-2)10-14(15)18-16(19)11-4-6-12(7-5-11)17(20)21/h8-12H,3-7H2,1-2H3,(H,18,19)(H,20,21). The highest BCUT2D eigenvalue weighted by Gasteiger charge is 2.30. The highest BCUT2D eigenvalue weighted by molar-refractivity contribution is 5.94. The van der Waals surface area contributed by atoms with Crippen LogP contribution in [0.1, 0.15) is 32.6 Å². The van der Waals surface area contributed by atoms with Crippen LogP contribution in [0.25, 0.3) is 0 Å². The molecule has 0 saturated heterocycles. The topological polar surface area (TPSA) is 84.9 Å². The van der Waals surface area contributed by atoms with Crippen LogP contribution in [0.2, 0.25) is 0 Å². The number of methoxy groups -OCH3 is 1. The van der Waals surface area contributed by atoms with Gasteiger partial charge in [0.25, 0.3) is 0 Å². The van der Waals surface area contributed by atoms with Gasteiger partial charge in [-0.05, 0) is 44.7 Å². The Morgan fingerprint density at radius 1 is 1.22 bits per heavy atom. The van der Waals surface area contributed by atoms with Crippen LogP contribution in [0.4, 0.5) is 5.69 Å². The van der Waals surface area contributed by atoms with Crippen molar-refractivity contribution in [2.45, 2.75) is 32.6 Å². The fourth-order valence-corrected chi connectivity index (χ4v) is 2.85. The van der Waals surface area contributed by atoms with Crippen LogP contribution in [0.5, 0.6) is 11.5 Å². The highest BCUT2D eigenvalue weighted by atomic mass is 16.5. The summed E-state index contributed by atoms with van der Waals surface area (Å²) in [5, 5.41) is 11.9. The minimum absolute atomic E-state index is 0.0944. The lowest BCUT2D eigenvalue weighted by atomic mass is 9.81. The summed E-state index contributed by atoms with van der Waals surface area (Å²) in [4.78, 5) is 23.4. The van der Waals surface area contributed by atoms with Gasteiger partial charge in [0, 0.05) is 12.0 Å². The molecule has 0 radical (unpaired) electrons. The van der Waals surface area contributed by atoms with Crippen LogP contribution >= 0.6 is 0 Å². The summed E-state index contributed by atoms with van der Waals surface area (Å²) >= 11 is 0. The molecule has 6 heteroatoms. The average Bonchev–Trinajstić information content (AvgIpc) is 2.56. The first-order valence-electron chi connectivity index (χ1n) is 7.89. The van der Waals surface area contributed by atoms with Crippen molar-refractivity contribution in [2.75, 3.05) is 19.0 Å². The molecule has 1 amide bonds. The monoisotopic (exact) mass is 321 g/mol. The van der Waals surface area contributed by atoms with E-state index < -0.39 is 5.97 Å². The zero-order valence-corrected chi connectivity index (χ0v) is 13.5. The van der Waals surface area contributed by atoms with Crippen LogP contribution in [0.15, 0.2) is 18.2 Å². The van der Waals surface area contributed by atoms with Crippen LogP contribution in [-0.2, 0) is 9.59 Å². The van der Waals surface area contributed by atoms with Gasteiger partial charge in [-0.1, -0.05) is 0 Å². The van der Waals surface area contributed by atoms with E-state index in [0.717, 1.165) is 0 Å². The molecule has 126 valence electrons. The fourth-order valence-electron chi connectivity index (χ4n) is 2.85. The number of carbonyl (C=O) groups is 2. The normalized spacial score (nSPS) is 20.6. The van der Waals surface area contributed by atoms with Gasteiger partial charge < -0.3 is 19.9 Å². The van der Waals surface area contributed by atoms with Crippen LogP contribution in [0, 0.1) is 11.8 Å². The number of nitrogens with one attached hydrogen (secondary N) is 1. The summed E-state index contributed by atoms with van der Waals surface area (Å²) in [6, 6.07) is 5.27. The maximum absolute atomic E-state index is 12.4. The Labute approximate surface area is 135 Å². The number of rotatable bonds is 6. The number of ether oxygens (including phenoxy) is 2. The molecule has 2 N–H and O–H groups in total. The molecule has 1 aromatic carbocycles. The van der Waals surface area contributed by atoms with E-state index in [9.17, 15) is 9.59 Å². The summed E-state index contributed by atoms with van der Waals surface area (Å²) in [6.45, 7) is 2.38. The van der Waals surface area contributed by atoms with Crippen molar-refractivity contribution in [3.63, 3.8) is 0 Å². The quantitative estimate of drug-likeness (QED) is 0.841. The molecule has 2 rings (SSSR count). The predicted octanol–water partition coefficient (Wildman–Crippen LogP) is 2.92. The number of carboxylic acids is 1. The summed E-state index contributed by atoms with van der Waals surface area (Å²) < 4.78 is 10.7. The van der Waals surface area contributed by atoms with Gasteiger partial charge in [-0.2, -0.15) is 0 Å². The van der Waals surface area contributed by atoms with E-state index in [1.165, 1.54) is 0 Å². The molecule has 0 spiro atoms. The van der Waals surface area contributed by atoms with Crippen LogP contribution in [-0.4, -0.2) is 30.7 Å². The van der Waals surface area contributed by atoms with Gasteiger partial charge in [0.2, 0.25) is 5.91 Å². The number of aliphatic carboxylic acids is 1. The number of carboxylic acid groups (broad SMARTS) is 1. The highest BCUT2D eigenvalue weighted by Crippen LogP contribution is 2.33. The Kier molecular flexibility index (Phi) is 5.84. The van der Waals surface area contributed by atoms with Gasteiger partial charge in [0.15, 0.2) is 0 Å². The van der Waals surface area contributed by atoms with E-state index in [-0.39, 0.29) is 17.7 Å². The first kappa shape index (κ1) is 17.1. The second kappa shape index (κ2) is 7.85. The van der Waals surface area contributed by atoms with E-state index in [0.29, 0.717) is 49.5 Å². The van der Waals surface area contributed by atoms with Gasteiger partial charge in [-0.25, -0.2) is 0 Å². The predicted molar refractivity (Wildman–Crippen MR) is 85.9 cm³/mol. The van der Waals surface area contributed by atoms with Crippen molar-refractivity contribution in [3.05, 3.63) is 18.2 Å². The Bertz CT molecular complexity index is 564. The van der Waals surface area contributed by atoms with Crippen molar-refractivity contribution in [2.24, 2.45) is 11.8 Å². The van der Waals surface area contributed by atoms with Crippen molar-refractivity contribution in [1.82, 2.24) is 0 Å². The third-order valence-electron chi connectivity index (χ3n) is 4.19. The molecular weight excluding hydrogens is 298 g/mol. The van der Waals surface area contributed by atoms with Crippen molar-refractivity contribution < 1.29 is 24.2 Å². The second-order valence-electron chi connectivity index (χ2n) is 5.67. The van der Waals surface area contributed by atoms with E-state index in [4.69, 9.17) is 14.6 Å². The second-order valence-corrected chi connectivity index (χ2v) is 5.67. The number of hydrogen-bond acceptors (Lipinski definition) is 4. The van der Waals surface area contributed by atoms with Gasteiger partial charge in [0.1, 0.15) is 11.5 Å². The summed E-state index contributed by atoms with van der Waals surface area (Å²) in [5.41, 5.74) is 0.580. The van der Waals surface area contributed by atoms with Gasteiger partial charge in [-0.15, -0.1) is 0 Å². The number of hydrogen-bond donors (Lipinski definition) is 2.